The van der Waals surface area contributed by atoms with Crippen molar-refractivity contribution in [3.05, 3.63) is 12.7 Å². The normalized spacial score (nSPS) is 15.2. The van der Waals surface area contributed by atoms with Crippen LogP contribution in [-0.2, 0) is 13.6 Å². The van der Waals surface area contributed by atoms with Crippen LogP contribution in [-0.4, -0.2) is 39.4 Å². The van der Waals surface area contributed by atoms with Crippen LogP contribution in [0.1, 0.15) is 0 Å². The molecule has 0 saturated heterocycles. The largest absolute Gasteiger partial charge is 0.396 e. The average molecular weight is 190 g/mol. The number of hydrogen-bond donors (Lipinski definition) is 1. The predicted octanol–water partition coefficient (Wildman–Crippen LogP) is 0.00800. The highest BCUT2D eigenvalue weighted by Gasteiger charge is 2.29. The zero-order valence-electron chi connectivity index (χ0n) is 7.37. The summed E-state index contributed by atoms with van der Waals surface area (Å²) in [5.74, 6) is -0.209. The van der Waals surface area contributed by atoms with Gasteiger partial charge in [0.05, 0.1) is 12.8 Å². The molecule has 0 aliphatic heterocycles. The third-order valence-corrected chi connectivity index (χ3v) is 3.66. The number of aliphatic hydroxyl groups is 1. The van der Waals surface area contributed by atoms with Crippen molar-refractivity contribution in [2.75, 3.05) is 19.9 Å². The summed E-state index contributed by atoms with van der Waals surface area (Å²) in [7, 11) is -1.03. The minimum Gasteiger partial charge on any atom is -0.396 e. The molecule has 70 valence electrons. The van der Waals surface area contributed by atoms with Gasteiger partial charge in [-0.25, -0.2) is 0 Å². The Morgan fingerprint density at radius 3 is 2.67 bits per heavy atom. The highest BCUT2D eigenvalue weighted by molar-refractivity contribution is 6.65. The summed E-state index contributed by atoms with van der Waals surface area (Å²) >= 11 is 0. The lowest BCUT2D eigenvalue weighted by molar-refractivity contribution is -0.117. The van der Waals surface area contributed by atoms with E-state index in [-0.39, 0.29) is 18.6 Å². The average Bonchev–Trinajstić information content (AvgIpc) is 2.13. The lowest BCUT2D eigenvalue weighted by Crippen LogP contribution is -2.43. The molecule has 0 saturated carbocycles. The molecule has 0 aromatic rings. The van der Waals surface area contributed by atoms with E-state index in [0.29, 0.717) is 0 Å². The van der Waals surface area contributed by atoms with E-state index in [0.717, 1.165) is 0 Å². The Labute approximate surface area is 73.0 Å². The summed E-state index contributed by atoms with van der Waals surface area (Å²) in [6.07, 6.45) is 1.02. The number of aliphatic hydroxyl groups excluding tert-OH is 1. The minimum atomic E-state index is -2.49. The molecular formula is C7H14O4Si. The molecule has 1 N–H and O–H groups in total. The second-order valence-electron chi connectivity index (χ2n) is 2.46. The van der Waals surface area contributed by atoms with Crippen molar-refractivity contribution >= 4 is 14.3 Å². The predicted molar refractivity (Wildman–Crippen MR) is 46.9 cm³/mol. The van der Waals surface area contributed by atoms with Crippen LogP contribution in [0.3, 0.4) is 0 Å². The summed E-state index contributed by atoms with van der Waals surface area (Å²) in [5, 5.41) is 8.85. The van der Waals surface area contributed by atoms with Crippen LogP contribution < -0.4 is 0 Å². The van der Waals surface area contributed by atoms with Crippen molar-refractivity contribution in [1.29, 1.82) is 0 Å². The molecule has 0 heterocycles. The van der Waals surface area contributed by atoms with Gasteiger partial charge in [-0.3, -0.25) is 4.79 Å². The van der Waals surface area contributed by atoms with E-state index in [2.05, 4.69) is 6.58 Å². The first kappa shape index (κ1) is 11.5. The third kappa shape index (κ3) is 3.77. The van der Waals surface area contributed by atoms with Gasteiger partial charge < -0.3 is 14.0 Å². The van der Waals surface area contributed by atoms with Gasteiger partial charge in [0.15, 0.2) is 5.78 Å². The Bertz CT molecular complexity index is 165. The second-order valence-corrected chi connectivity index (χ2v) is 5.74. The van der Waals surface area contributed by atoms with Crippen molar-refractivity contribution in [3.63, 3.8) is 0 Å². The molecule has 0 spiro atoms. The number of carbonyl (C=O) groups excluding carboxylic acids is 1. The molecule has 1 unspecified atom stereocenters. The van der Waals surface area contributed by atoms with E-state index in [1.807, 2.05) is 0 Å². The van der Waals surface area contributed by atoms with Crippen molar-refractivity contribution in [3.8, 4) is 0 Å². The van der Waals surface area contributed by atoms with Gasteiger partial charge in [-0.05, 0) is 12.6 Å². The molecule has 0 aliphatic rings. The van der Waals surface area contributed by atoms with Gasteiger partial charge in [-0.15, -0.1) is 0 Å². The molecule has 4 nitrogen and oxygen atoms in total. The Morgan fingerprint density at radius 1 is 1.75 bits per heavy atom. The number of hydrogen-bond acceptors (Lipinski definition) is 4. The first-order chi connectivity index (χ1) is 5.58. The molecule has 1 atom stereocenters. The summed E-state index contributed by atoms with van der Waals surface area (Å²) in [6.45, 7) is 4.91. The minimum absolute atomic E-state index is 0.0688. The lowest BCUT2D eigenvalue weighted by Gasteiger charge is -2.21. The molecule has 0 aromatic heterocycles. The van der Waals surface area contributed by atoms with Crippen LogP contribution in [0.2, 0.25) is 6.55 Å². The van der Waals surface area contributed by atoms with Gasteiger partial charge in [-0.1, -0.05) is 6.58 Å². The standard InChI is InChI=1S/C7H14O4Si/c1-4-7(9)5-11-12(3,6-8)10-2/h4,8H,1,5-6H2,2-3H3. The maximum Gasteiger partial charge on any atom is 0.361 e. The molecule has 0 aliphatic carbocycles. The SMILES string of the molecule is C=CC(=O)CO[Si](C)(CO)OC. The van der Waals surface area contributed by atoms with E-state index >= 15 is 0 Å². The highest BCUT2D eigenvalue weighted by atomic mass is 28.4. The number of carbonyl (C=O) groups is 1. The van der Waals surface area contributed by atoms with Gasteiger partial charge in [-0.2, -0.15) is 0 Å². The Balaban J connectivity index is 3.88. The summed E-state index contributed by atoms with van der Waals surface area (Å²) in [5.41, 5.74) is 0. The van der Waals surface area contributed by atoms with Crippen LogP contribution in [0.15, 0.2) is 12.7 Å². The third-order valence-electron chi connectivity index (χ3n) is 1.47. The fraction of sp³-hybridized carbons (Fsp3) is 0.571. The molecule has 0 fully saturated rings. The van der Waals surface area contributed by atoms with Gasteiger partial charge >= 0.3 is 8.56 Å². The molecule has 0 bridgehead atoms. The highest BCUT2D eigenvalue weighted by Crippen LogP contribution is 2.03. The van der Waals surface area contributed by atoms with E-state index in [1.165, 1.54) is 13.2 Å². The second kappa shape index (κ2) is 5.21. The topological polar surface area (TPSA) is 55.8 Å². The van der Waals surface area contributed by atoms with E-state index < -0.39 is 8.56 Å². The van der Waals surface area contributed by atoms with Gasteiger partial charge in [0.1, 0.15) is 0 Å². The van der Waals surface area contributed by atoms with E-state index in [1.54, 1.807) is 6.55 Å². The monoisotopic (exact) mass is 190 g/mol. The summed E-state index contributed by atoms with van der Waals surface area (Å²) in [4.78, 5) is 10.7. The maximum absolute atomic E-state index is 10.7. The zero-order valence-corrected chi connectivity index (χ0v) is 8.37. The lowest BCUT2D eigenvalue weighted by atomic mass is 10.4. The van der Waals surface area contributed by atoms with E-state index in [9.17, 15) is 4.79 Å². The summed E-state index contributed by atoms with van der Waals surface area (Å²) < 4.78 is 10.1. The van der Waals surface area contributed by atoms with Crippen molar-refractivity contribution < 1.29 is 18.8 Å². The van der Waals surface area contributed by atoms with Crippen LogP contribution in [0.4, 0.5) is 0 Å². The Morgan fingerprint density at radius 2 is 2.33 bits per heavy atom. The van der Waals surface area contributed by atoms with Crippen molar-refractivity contribution in [2.24, 2.45) is 0 Å². The molecule has 0 amide bonds. The first-order valence-electron chi connectivity index (χ1n) is 3.53. The zero-order chi connectivity index (χ0) is 9.61. The molecule has 0 rings (SSSR count). The molecular weight excluding hydrogens is 176 g/mol. The number of ketones is 1. The maximum atomic E-state index is 10.7. The van der Waals surface area contributed by atoms with Crippen LogP contribution in [0.5, 0.6) is 0 Å². The molecule has 0 aromatic carbocycles. The van der Waals surface area contributed by atoms with Gasteiger partial charge in [0.25, 0.3) is 0 Å². The first-order valence-corrected chi connectivity index (χ1v) is 6.05. The van der Waals surface area contributed by atoms with Crippen molar-refractivity contribution in [1.82, 2.24) is 0 Å². The molecule has 0 radical (unpaired) electrons. The number of rotatable bonds is 6. The van der Waals surface area contributed by atoms with Crippen LogP contribution in [0, 0.1) is 0 Å². The fourth-order valence-corrected chi connectivity index (χ4v) is 1.24. The Kier molecular flexibility index (Phi) is 4.99. The van der Waals surface area contributed by atoms with Gasteiger partial charge in [0.2, 0.25) is 0 Å². The van der Waals surface area contributed by atoms with Gasteiger partial charge in [0, 0.05) is 7.11 Å². The van der Waals surface area contributed by atoms with E-state index in [4.69, 9.17) is 14.0 Å². The molecule has 5 heteroatoms. The fourth-order valence-electron chi connectivity index (χ4n) is 0.452. The summed E-state index contributed by atoms with van der Waals surface area (Å²) in [6, 6.07) is 0. The quantitative estimate of drug-likeness (QED) is 0.473. The van der Waals surface area contributed by atoms with Crippen LogP contribution in [0.25, 0.3) is 0 Å². The molecule has 12 heavy (non-hydrogen) atoms. The van der Waals surface area contributed by atoms with Crippen LogP contribution >= 0.6 is 0 Å². The smallest absolute Gasteiger partial charge is 0.361 e. The van der Waals surface area contributed by atoms with Crippen molar-refractivity contribution in [2.45, 2.75) is 6.55 Å². The Hall–Kier alpha value is -0.493.